The third-order valence-electron chi connectivity index (χ3n) is 7.76. The number of anilines is 1. The first-order valence-electron chi connectivity index (χ1n) is 12.4. The van der Waals surface area contributed by atoms with Gasteiger partial charge in [0.1, 0.15) is 11.9 Å². The molecule has 1 aromatic carbocycles. The maximum absolute atomic E-state index is 12.6. The zero-order valence-electron chi connectivity index (χ0n) is 21.4. The second-order valence-corrected chi connectivity index (χ2v) is 10.2. The van der Waals surface area contributed by atoms with Crippen molar-refractivity contribution in [2.24, 2.45) is 5.41 Å². The molecule has 0 spiro atoms. The summed E-state index contributed by atoms with van der Waals surface area (Å²) in [6.45, 7) is 7.22. The van der Waals surface area contributed by atoms with E-state index in [9.17, 15) is 20.1 Å². The van der Waals surface area contributed by atoms with Crippen molar-refractivity contribution < 1.29 is 29.6 Å². The molecule has 9 heteroatoms. The molecule has 9 nitrogen and oxygen atoms in total. The number of aryl methyl sites for hydroxylation is 1. The maximum Gasteiger partial charge on any atom is 0.253 e. The predicted molar refractivity (Wildman–Crippen MR) is 135 cm³/mol. The molecule has 0 saturated carbocycles. The number of methoxy groups -OCH3 is 1. The summed E-state index contributed by atoms with van der Waals surface area (Å²) < 4.78 is 12.0. The second kappa shape index (κ2) is 10.6. The third kappa shape index (κ3) is 5.00. The molecule has 36 heavy (non-hydrogen) atoms. The number of hydrogen-bond donors (Lipinski definition) is 3. The van der Waals surface area contributed by atoms with E-state index in [0.29, 0.717) is 24.6 Å². The highest BCUT2D eigenvalue weighted by atomic mass is 16.5. The molecule has 2 aliphatic heterocycles. The number of aromatic nitrogens is 1. The number of pyridine rings is 1. The molecule has 5 atom stereocenters. The highest BCUT2D eigenvalue weighted by Gasteiger charge is 2.49. The lowest BCUT2D eigenvalue weighted by Crippen LogP contribution is -2.42. The van der Waals surface area contributed by atoms with Gasteiger partial charge >= 0.3 is 0 Å². The third-order valence-corrected chi connectivity index (χ3v) is 7.76. The Morgan fingerprint density at radius 1 is 1.25 bits per heavy atom. The van der Waals surface area contributed by atoms with Crippen LogP contribution < -0.4 is 14.4 Å². The first-order valence-corrected chi connectivity index (χ1v) is 12.4. The Balaban J connectivity index is 1.56. The van der Waals surface area contributed by atoms with E-state index in [4.69, 9.17) is 9.47 Å². The number of rotatable bonds is 8. The zero-order valence-corrected chi connectivity index (χ0v) is 21.4. The molecule has 2 aromatic rings. The van der Waals surface area contributed by atoms with Gasteiger partial charge in [0.05, 0.1) is 26.4 Å². The molecule has 2 aliphatic rings. The summed E-state index contributed by atoms with van der Waals surface area (Å²) in [5.41, 5.74) is 1.40. The highest BCUT2D eigenvalue weighted by Crippen LogP contribution is 2.47. The Bertz CT molecular complexity index is 1080. The van der Waals surface area contributed by atoms with Crippen molar-refractivity contribution in [1.29, 1.82) is 0 Å². The minimum Gasteiger partial charge on any atom is -0.493 e. The fraction of sp³-hybridized carbons (Fsp3) is 0.556. The van der Waals surface area contributed by atoms with E-state index in [2.05, 4.69) is 22.9 Å². The van der Waals surface area contributed by atoms with Crippen molar-refractivity contribution in [3.63, 3.8) is 0 Å². The number of ether oxygens (including phenoxy) is 2. The molecule has 1 aromatic heterocycles. The number of carbonyl (C=O) groups is 1. The standard InChI is InChI=1S/C27H37N3O6/c1-17-6-5-10-28-25(17)29-11-9-20(13-29)36-24-12-19(7-8-23(24)35-4)21-14-30(26(34)22(33)15-31)16-27(21,3)18(2)32/h5-8,10,12,18,20-22,31-33H,9,11,13-16H2,1-4H3/t18?,20?,21-,22?,27-/m0/s1. The quantitative estimate of drug-likeness (QED) is 0.503. The molecule has 3 heterocycles. The summed E-state index contributed by atoms with van der Waals surface area (Å²) in [7, 11) is 1.60. The van der Waals surface area contributed by atoms with E-state index in [1.165, 1.54) is 4.90 Å². The molecule has 0 radical (unpaired) electrons. The summed E-state index contributed by atoms with van der Waals surface area (Å²) in [6, 6.07) is 9.72. The van der Waals surface area contributed by atoms with Gasteiger partial charge in [-0.1, -0.05) is 19.1 Å². The lowest BCUT2D eigenvalue weighted by molar-refractivity contribution is -0.141. The molecular weight excluding hydrogens is 462 g/mol. The number of aliphatic hydroxyl groups excluding tert-OH is 3. The number of hydrogen-bond acceptors (Lipinski definition) is 8. The van der Waals surface area contributed by atoms with Crippen LogP contribution in [0.25, 0.3) is 0 Å². The largest absolute Gasteiger partial charge is 0.493 e. The van der Waals surface area contributed by atoms with Crippen molar-refractivity contribution >= 4 is 11.7 Å². The van der Waals surface area contributed by atoms with Crippen molar-refractivity contribution in [2.75, 3.05) is 44.8 Å². The summed E-state index contributed by atoms with van der Waals surface area (Å²) >= 11 is 0. The fourth-order valence-corrected chi connectivity index (χ4v) is 5.39. The number of benzene rings is 1. The molecule has 2 fully saturated rings. The van der Waals surface area contributed by atoms with E-state index in [1.54, 1.807) is 20.2 Å². The normalized spacial score (nSPS) is 25.6. The monoisotopic (exact) mass is 499 g/mol. The Morgan fingerprint density at radius 2 is 2.03 bits per heavy atom. The van der Waals surface area contributed by atoms with Crippen LogP contribution in [0.5, 0.6) is 11.5 Å². The topological polar surface area (TPSA) is 116 Å². The van der Waals surface area contributed by atoms with Crippen molar-refractivity contribution in [2.45, 2.75) is 51.4 Å². The first kappa shape index (κ1) is 26.2. The lowest BCUT2D eigenvalue weighted by atomic mass is 9.72. The van der Waals surface area contributed by atoms with Gasteiger partial charge in [0.25, 0.3) is 5.91 Å². The smallest absolute Gasteiger partial charge is 0.253 e. The number of carbonyl (C=O) groups excluding carboxylic acids is 1. The van der Waals surface area contributed by atoms with Gasteiger partial charge in [0, 0.05) is 43.6 Å². The number of likely N-dealkylation sites (tertiary alicyclic amines) is 1. The molecule has 4 rings (SSSR count). The second-order valence-electron chi connectivity index (χ2n) is 10.2. The number of aliphatic hydroxyl groups is 3. The van der Waals surface area contributed by atoms with Crippen molar-refractivity contribution in [1.82, 2.24) is 9.88 Å². The SMILES string of the molecule is COc1ccc([C@@H]2CN(C(=O)C(O)CO)C[C@@]2(C)C(C)O)cc1OC1CCN(c2ncccc2C)C1. The van der Waals surface area contributed by atoms with Gasteiger partial charge in [-0.3, -0.25) is 4.79 Å². The Morgan fingerprint density at radius 3 is 2.69 bits per heavy atom. The molecule has 2 saturated heterocycles. The van der Waals surface area contributed by atoms with E-state index >= 15 is 0 Å². The van der Waals surface area contributed by atoms with Crippen LogP contribution in [0, 0.1) is 12.3 Å². The summed E-state index contributed by atoms with van der Waals surface area (Å²) in [5.74, 6) is 1.47. The van der Waals surface area contributed by atoms with Gasteiger partial charge in [-0.05, 0) is 43.2 Å². The minimum atomic E-state index is -1.47. The molecule has 196 valence electrons. The molecule has 0 bridgehead atoms. The van der Waals surface area contributed by atoms with Gasteiger partial charge in [-0.25, -0.2) is 4.98 Å². The average molecular weight is 500 g/mol. The van der Waals surface area contributed by atoms with Crippen LogP contribution in [0.15, 0.2) is 36.5 Å². The van der Waals surface area contributed by atoms with Crippen LogP contribution in [0.4, 0.5) is 5.82 Å². The molecule has 0 aliphatic carbocycles. The summed E-state index contributed by atoms with van der Waals surface area (Å²) in [4.78, 5) is 20.9. The van der Waals surface area contributed by atoms with E-state index in [1.807, 2.05) is 31.2 Å². The van der Waals surface area contributed by atoms with E-state index < -0.39 is 30.1 Å². The highest BCUT2D eigenvalue weighted by molar-refractivity contribution is 5.81. The Kier molecular flexibility index (Phi) is 7.73. The molecular formula is C27H37N3O6. The van der Waals surface area contributed by atoms with Crippen LogP contribution in [0.2, 0.25) is 0 Å². The van der Waals surface area contributed by atoms with Crippen LogP contribution in [-0.4, -0.2) is 89.3 Å². The average Bonchev–Trinajstić information content (AvgIpc) is 3.48. The Labute approximate surface area is 212 Å². The lowest BCUT2D eigenvalue weighted by Gasteiger charge is -2.34. The zero-order chi connectivity index (χ0) is 26.0. The van der Waals surface area contributed by atoms with Gasteiger partial charge in [-0.2, -0.15) is 0 Å². The molecule has 3 N–H and O–H groups in total. The van der Waals surface area contributed by atoms with Crippen LogP contribution in [-0.2, 0) is 4.79 Å². The van der Waals surface area contributed by atoms with Gasteiger partial charge in [0.2, 0.25) is 0 Å². The summed E-state index contributed by atoms with van der Waals surface area (Å²) in [6.07, 6.45) is 0.435. The van der Waals surface area contributed by atoms with Crippen molar-refractivity contribution in [3.05, 3.63) is 47.7 Å². The van der Waals surface area contributed by atoms with Gasteiger partial charge in [0.15, 0.2) is 17.6 Å². The maximum atomic E-state index is 12.6. The van der Waals surface area contributed by atoms with E-state index in [0.717, 1.165) is 29.9 Å². The summed E-state index contributed by atoms with van der Waals surface area (Å²) in [5, 5.41) is 29.8. The van der Waals surface area contributed by atoms with Gasteiger partial charge in [-0.15, -0.1) is 0 Å². The van der Waals surface area contributed by atoms with Gasteiger partial charge < -0.3 is 34.6 Å². The van der Waals surface area contributed by atoms with Crippen LogP contribution in [0.3, 0.4) is 0 Å². The van der Waals surface area contributed by atoms with Crippen LogP contribution in [0.1, 0.15) is 37.3 Å². The molecule has 3 unspecified atom stereocenters. The Hall–Kier alpha value is -2.88. The number of nitrogens with zero attached hydrogens (tertiary/aromatic N) is 3. The molecule has 1 amide bonds. The fourth-order valence-electron chi connectivity index (χ4n) is 5.39. The van der Waals surface area contributed by atoms with Crippen LogP contribution >= 0.6 is 0 Å². The van der Waals surface area contributed by atoms with Crippen molar-refractivity contribution in [3.8, 4) is 11.5 Å². The van der Waals surface area contributed by atoms with E-state index in [-0.39, 0.29) is 18.6 Å². The minimum absolute atomic E-state index is 0.0416. The predicted octanol–water partition coefficient (Wildman–Crippen LogP) is 1.72. The first-order chi connectivity index (χ1) is 17.2. The number of amides is 1.